The van der Waals surface area contributed by atoms with E-state index >= 15 is 0 Å². The van der Waals surface area contributed by atoms with E-state index in [4.69, 9.17) is 4.98 Å². The molecule has 0 bridgehead atoms. The molecule has 0 saturated carbocycles. The monoisotopic (exact) mass is 425 g/mol. The molecule has 1 N–H and O–H groups in total. The molecule has 8 heteroatoms. The van der Waals surface area contributed by atoms with E-state index in [2.05, 4.69) is 49.2 Å². The summed E-state index contributed by atoms with van der Waals surface area (Å²) in [6.07, 6.45) is 1.73. The van der Waals surface area contributed by atoms with E-state index in [1.165, 1.54) is 21.1 Å². The number of aromatic nitrogens is 4. The molecule has 1 amide bonds. The van der Waals surface area contributed by atoms with E-state index in [-0.39, 0.29) is 11.9 Å². The number of hydrogen-bond donors (Lipinski definition) is 1. The minimum Gasteiger partial charge on any atom is -0.298 e. The van der Waals surface area contributed by atoms with Crippen LogP contribution in [0.15, 0.2) is 18.3 Å². The Morgan fingerprint density at radius 2 is 1.83 bits per heavy atom. The lowest BCUT2D eigenvalue weighted by Crippen LogP contribution is -2.13. The summed E-state index contributed by atoms with van der Waals surface area (Å²) in [5, 5.41) is 8.80. The zero-order valence-electron chi connectivity index (χ0n) is 17.3. The third-order valence-corrected chi connectivity index (χ3v) is 6.82. The molecule has 0 aliphatic heterocycles. The second kappa shape index (κ2) is 7.35. The summed E-state index contributed by atoms with van der Waals surface area (Å²) >= 11 is 3.21. The van der Waals surface area contributed by atoms with E-state index in [1.807, 2.05) is 24.6 Å². The third kappa shape index (κ3) is 3.58. The number of anilines is 1. The van der Waals surface area contributed by atoms with Crippen LogP contribution in [0.4, 0.5) is 5.13 Å². The molecule has 0 atom stereocenters. The number of amides is 1. The van der Waals surface area contributed by atoms with Gasteiger partial charge in [0.25, 0.3) is 5.91 Å². The average Bonchev–Trinajstić information content (AvgIpc) is 3.31. The van der Waals surface area contributed by atoms with Crippen molar-refractivity contribution >= 4 is 44.7 Å². The molecule has 0 radical (unpaired) electrons. The van der Waals surface area contributed by atoms with Crippen LogP contribution in [0.2, 0.25) is 0 Å². The van der Waals surface area contributed by atoms with Crippen LogP contribution in [-0.4, -0.2) is 25.7 Å². The van der Waals surface area contributed by atoms with Crippen LogP contribution < -0.4 is 5.32 Å². The van der Waals surface area contributed by atoms with Crippen molar-refractivity contribution in [2.75, 3.05) is 5.32 Å². The molecule has 4 aromatic heterocycles. The first kappa shape index (κ1) is 19.7. The molecule has 4 aromatic rings. The summed E-state index contributed by atoms with van der Waals surface area (Å²) < 4.78 is 1.86. The van der Waals surface area contributed by atoms with E-state index in [1.54, 1.807) is 17.5 Å². The Bertz CT molecular complexity index is 1210. The summed E-state index contributed by atoms with van der Waals surface area (Å²) in [5.74, 6) is -0.194. The van der Waals surface area contributed by atoms with E-state index < -0.39 is 0 Å². The Kier molecular flexibility index (Phi) is 5.00. The molecule has 29 heavy (non-hydrogen) atoms. The van der Waals surface area contributed by atoms with Crippen molar-refractivity contribution in [1.82, 2.24) is 19.7 Å². The highest BCUT2D eigenvalue weighted by atomic mass is 32.1. The fraction of sp³-hybridized carbons (Fsp3) is 0.333. The molecule has 4 rings (SSSR count). The highest BCUT2D eigenvalue weighted by Gasteiger charge is 2.20. The van der Waals surface area contributed by atoms with Crippen LogP contribution >= 0.6 is 22.7 Å². The number of carbonyl (C=O) groups is 1. The first-order valence-corrected chi connectivity index (χ1v) is 11.1. The summed E-state index contributed by atoms with van der Waals surface area (Å²) in [5.41, 5.74) is 4.06. The Labute approximate surface area is 177 Å². The van der Waals surface area contributed by atoms with E-state index in [0.29, 0.717) is 10.7 Å². The number of rotatable bonds is 4. The summed E-state index contributed by atoms with van der Waals surface area (Å²) in [4.78, 5) is 26.0. The quantitative estimate of drug-likeness (QED) is 0.456. The first-order valence-electron chi connectivity index (χ1n) is 9.45. The summed E-state index contributed by atoms with van der Waals surface area (Å²) in [6.45, 7) is 12.2. The summed E-state index contributed by atoms with van der Waals surface area (Å²) in [6, 6.07) is 4.13. The van der Waals surface area contributed by atoms with Gasteiger partial charge in [-0.2, -0.15) is 5.10 Å². The van der Waals surface area contributed by atoms with Crippen molar-refractivity contribution < 1.29 is 4.79 Å². The van der Waals surface area contributed by atoms with Crippen LogP contribution in [0, 0.1) is 27.7 Å². The van der Waals surface area contributed by atoms with Gasteiger partial charge in [-0.3, -0.25) is 10.1 Å². The zero-order chi connectivity index (χ0) is 20.9. The second-order valence-electron chi connectivity index (χ2n) is 7.42. The van der Waals surface area contributed by atoms with Gasteiger partial charge in [-0.05, 0) is 53.7 Å². The van der Waals surface area contributed by atoms with Gasteiger partial charge in [0.05, 0.1) is 28.5 Å². The fourth-order valence-corrected chi connectivity index (χ4v) is 5.04. The maximum absolute atomic E-state index is 13.2. The van der Waals surface area contributed by atoms with Gasteiger partial charge < -0.3 is 0 Å². The zero-order valence-corrected chi connectivity index (χ0v) is 19.0. The Hall–Kier alpha value is -2.58. The SMILES string of the molecule is Cc1cc(-c2cc(C(=O)Nc3nc(C)c(C)s3)c3cnn(C(C)C)c3n2)c(C)s1. The van der Waals surface area contributed by atoms with Crippen LogP contribution in [0.1, 0.15) is 50.6 Å². The van der Waals surface area contributed by atoms with Gasteiger partial charge >= 0.3 is 0 Å². The topological polar surface area (TPSA) is 72.7 Å². The Morgan fingerprint density at radius 3 is 2.41 bits per heavy atom. The Balaban J connectivity index is 1.87. The van der Waals surface area contributed by atoms with Crippen LogP contribution in [0.3, 0.4) is 0 Å². The van der Waals surface area contributed by atoms with Crippen LogP contribution in [0.5, 0.6) is 0 Å². The number of carbonyl (C=O) groups excluding carboxylic acids is 1. The molecule has 0 aliphatic rings. The van der Waals surface area contributed by atoms with Crippen molar-refractivity contribution in [3.8, 4) is 11.3 Å². The number of fused-ring (bicyclic) bond motifs is 1. The van der Waals surface area contributed by atoms with Gasteiger partial charge in [-0.25, -0.2) is 14.6 Å². The summed E-state index contributed by atoms with van der Waals surface area (Å²) in [7, 11) is 0. The molecule has 0 aromatic carbocycles. The third-order valence-electron chi connectivity index (χ3n) is 4.87. The van der Waals surface area contributed by atoms with Crippen molar-refractivity contribution in [1.29, 1.82) is 0 Å². The number of pyridine rings is 1. The molecular weight excluding hydrogens is 402 g/mol. The van der Waals surface area contributed by atoms with Gasteiger partial charge in [-0.15, -0.1) is 22.7 Å². The molecule has 150 valence electrons. The molecule has 0 fully saturated rings. The van der Waals surface area contributed by atoms with E-state index in [9.17, 15) is 4.79 Å². The highest BCUT2D eigenvalue weighted by molar-refractivity contribution is 7.15. The molecule has 0 unspecified atom stereocenters. The molecule has 0 spiro atoms. The molecule has 0 saturated heterocycles. The maximum Gasteiger partial charge on any atom is 0.258 e. The number of hydrogen-bond acceptors (Lipinski definition) is 6. The van der Waals surface area contributed by atoms with Gasteiger partial charge in [-0.1, -0.05) is 0 Å². The molecule has 6 nitrogen and oxygen atoms in total. The number of aryl methyl sites for hydroxylation is 4. The first-order chi connectivity index (χ1) is 13.7. The molecule has 4 heterocycles. The minimum absolute atomic E-state index is 0.140. The molecule has 0 aliphatic carbocycles. The number of nitrogens with one attached hydrogen (secondary N) is 1. The fourth-order valence-electron chi connectivity index (χ4n) is 3.30. The standard InChI is InChI=1S/C21H23N5OS2/c1-10(2)26-19-17(9-22-26)16(20(27)25-21-23-12(4)13(5)29-21)8-18(24-19)15-7-11(3)28-14(15)6/h7-10H,1-6H3,(H,23,25,27). The minimum atomic E-state index is -0.194. The van der Waals surface area contributed by atoms with Crippen molar-refractivity contribution in [2.24, 2.45) is 0 Å². The van der Waals surface area contributed by atoms with Gasteiger partial charge in [0.1, 0.15) is 0 Å². The Morgan fingerprint density at radius 1 is 1.07 bits per heavy atom. The number of thiophene rings is 1. The average molecular weight is 426 g/mol. The number of thiazole rings is 1. The largest absolute Gasteiger partial charge is 0.298 e. The normalized spacial score (nSPS) is 11.6. The van der Waals surface area contributed by atoms with Gasteiger partial charge in [0.2, 0.25) is 0 Å². The van der Waals surface area contributed by atoms with Crippen molar-refractivity contribution in [2.45, 2.75) is 47.6 Å². The van der Waals surface area contributed by atoms with Crippen molar-refractivity contribution in [3.05, 3.63) is 44.2 Å². The lowest BCUT2D eigenvalue weighted by atomic mass is 10.1. The highest BCUT2D eigenvalue weighted by Crippen LogP contribution is 2.33. The molecular formula is C21H23N5OS2. The maximum atomic E-state index is 13.2. The predicted octanol–water partition coefficient (Wildman–Crippen LogP) is 5.68. The lowest BCUT2D eigenvalue weighted by Gasteiger charge is -2.10. The van der Waals surface area contributed by atoms with Crippen LogP contribution in [0.25, 0.3) is 22.3 Å². The van der Waals surface area contributed by atoms with E-state index in [0.717, 1.165) is 32.9 Å². The number of nitrogens with zero attached hydrogens (tertiary/aromatic N) is 4. The van der Waals surface area contributed by atoms with Gasteiger partial charge in [0, 0.05) is 26.2 Å². The smallest absolute Gasteiger partial charge is 0.258 e. The van der Waals surface area contributed by atoms with Gasteiger partial charge in [0.15, 0.2) is 10.8 Å². The second-order valence-corrected chi connectivity index (χ2v) is 10.1. The predicted molar refractivity (Wildman–Crippen MR) is 120 cm³/mol. The lowest BCUT2D eigenvalue weighted by molar-refractivity contribution is 0.102. The van der Waals surface area contributed by atoms with Crippen LogP contribution in [-0.2, 0) is 0 Å². The van der Waals surface area contributed by atoms with Crippen molar-refractivity contribution in [3.63, 3.8) is 0 Å².